The number of nitrogens with zero attached hydrogens (tertiary/aromatic N) is 2. The molecule has 1 N–H and O–H groups in total. The lowest BCUT2D eigenvalue weighted by Crippen LogP contribution is -2.51. The molecule has 0 saturated carbocycles. The third kappa shape index (κ3) is 4.61. The van der Waals surface area contributed by atoms with E-state index in [0.29, 0.717) is 10.6 Å². The zero-order valence-electron chi connectivity index (χ0n) is 14.6. The van der Waals surface area contributed by atoms with Crippen LogP contribution >= 0.6 is 22.9 Å². The van der Waals surface area contributed by atoms with Crippen molar-refractivity contribution >= 4 is 28.8 Å². The van der Waals surface area contributed by atoms with Crippen molar-refractivity contribution in [2.24, 2.45) is 0 Å². The summed E-state index contributed by atoms with van der Waals surface area (Å²) in [5.74, 6) is -0.0781. The molecule has 25 heavy (non-hydrogen) atoms. The van der Waals surface area contributed by atoms with E-state index in [1.54, 1.807) is 35.6 Å². The van der Waals surface area contributed by atoms with Crippen molar-refractivity contribution in [3.8, 4) is 0 Å². The molecule has 2 atom stereocenters. The molecule has 1 aliphatic rings. The van der Waals surface area contributed by atoms with Crippen molar-refractivity contribution < 1.29 is 4.79 Å². The largest absolute Gasteiger partial charge is 0.348 e. The summed E-state index contributed by atoms with van der Waals surface area (Å²) in [4.78, 5) is 18.7. The van der Waals surface area contributed by atoms with Crippen LogP contribution in [-0.2, 0) is 0 Å². The molecule has 0 radical (unpaired) electrons. The van der Waals surface area contributed by atoms with Crippen LogP contribution in [0.4, 0.5) is 0 Å². The van der Waals surface area contributed by atoms with Crippen molar-refractivity contribution in [3.05, 3.63) is 57.2 Å². The Labute approximate surface area is 158 Å². The van der Waals surface area contributed by atoms with Crippen molar-refractivity contribution in [1.29, 1.82) is 0 Å². The summed E-state index contributed by atoms with van der Waals surface area (Å²) in [6.45, 7) is 6.21. The van der Waals surface area contributed by atoms with E-state index in [2.05, 4.69) is 46.6 Å². The zero-order valence-corrected chi connectivity index (χ0v) is 16.2. The van der Waals surface area contributed by atoms with Crippen molar-refractivity contribution in [1.82, 2.24) is 15.1 Å². The van der Waals surface area contributed by atoms with Gasteiger partial charge in [0.25, 0.3) is 5.91 Å². The van der Waals surface area contributed by atoms with Gasteiger partial charge in [0.1, 0.15) is 0 Å². The number of halogens is 1. The summed E-state index contributed by atoms with van der Waals surface area (Å²) in [6, 6.07) is 11.5. The molecular weight excluding hydrogens is 354 g/mol. The number of nitrogens with one attached hydrogen (secondary N) is 1. The van der Waals surface area contributed by atoms with Crippen molar-refractivity contribution in [2.45, 2.75) is 19.0 Å². The molecule has 1 fully saturated rings. The number of carbonyl (C=O) groups excluding carboxylic acids is 1. The van der Waals surface area contributed by atoms with E-state index in [9.17, 15) is 4.79 Å². The molecule has 2 heterocycles. The zero-order chi connectivity index (χ0) is 17.8. The molecule has 4 nitrogen and oxygen atoms in total. The van der Waals surface area contributed by atoms with Gasteiger partial charge in [-0.05, 0) is 43.6 Å². The first kappa shape index (κ1) is 18.4. The van der Waals surface area contributed by atoms with Gasteiger partial charge in [0.15, 0.2) is 0 Å². The summed E-state index contributed by atoms with van der Waals surface area (Å²) < 4.78 is 0. The first-order chi connectivity index (χ1) is 12.0. The fraction of sp³-hybridized carbons (Fsp3) is 0.421. The Bertz CT molecular complexity index is 698. The van der Waals surface area contributed by atoms with Gasteiger partial charge in [-0.25, -0.2) is 0 Å². The first-order valence-electron chi connectivity index (χ1n) is 8.57. The van der Waals surface area contributed by atoms with E-state index in [1.807, 2.05) is 0 Å². The molecule has 0 bridgehead atoms. The van der Waals surface area contributed by atoms with Gasteiger partial charge in [-0.1, -0.05) is 23.7 Å². The number of carbonyl (C=O) groups is 1. The second kappa shape index (κ2) is 8.32. The molecule has 134 valence electrons. The standard InChI is InChI=1S/C19H24ClN3OS/c1-14(21-19(24)15-5-3-6-16(20)13-15)18(17-7-4-12-25-17)23-10-8-22(2)9-11-23/h3-7,12-14,18H,8-11H2,1-2H3,(H,21,24). The molecule has 1 aromatic carbocycles. The van der Waals surface area contributed by atoms with Gasteiger partial charge in [-0.15, -0.1) is 11.3 Å². The topological polar surface area (TPSA) is 35.6 Å². The highest BCUT2D eigenvalue weighted by molar-refractivity contribution is 7.10. The van der Waals surface area contributed by atoms with E-state index >= 15 is 0 Å². The van der Waals surface area contributed by atoms with Crippen LogP contribution in [0.15, 0.2) is 41.8 Å². The fourth-order valence-corrected chi connectivity index (χ4v) is 4.46. The number of thiophene rings is 1. The maximum Gasteiger partial charge on any atom is 0.251 e. The highest BCUT2D eigenvalue weighted by Crippen LogP contribution is 2.29. The van der Waals surface area contributed by atoms with Gasteiger partial charge < -0.3 is 10.2 Å². The molecule has 0 aliphatic carbocycles. The number of hydrogen-bond donors (Lipinski definition) is 1. The normalized spacial score (nSPS) is 18.7. The Balaban J connectivity index is 1.75. The summed E-state index contributed by atoms with van der Waals surface area (Å²) in [5.41, 5.74) is 0.600. The van der Waals surface area contributed by atoms with Gasteiger partial charge in [-0.3, -0.25) is 9.69 Å². The minimum absolute atomic E-state index is 0.00791. The van der Waals surface area contributed by atoms with Crippen LogP contribution in [0.3, 0.4) is 0 Å². The van der Waals surface area contributed by atoms with Gasteiger partial charge in [0.05, 0.1) is 6.04 Å². The molecule has 6 heteroatoms. The molecule has 2 unspecified atom stereocenters. The quantitative estimate of drug-likeness (QED) is 0.866. The SMILES string of the molecule is CC(NC(=O)c1cccc(Cl)c1)C(c1cccs1)N1CCN(C)CC1. The summed E-state index contributed by atoms with van der Waals surface area (Å²) in [5, 5.41) is 5.85. The average molecular weight is 378 g/mol. The van der Waals surface area contributed by atoms with Crippen LogP contribution in [-0.4, -0.2) is 55.0 Å². The van der Waals surface area contributed by atoms with E-state index in [1.165, 1.54) is 4.88 Å². The number of piperazine rings is 1. The lowest BCUT2D eigenvalue weighted by Gasteiger charge is -2.40. The van der Waals surface area contributed by atoms with E-state index in [0.717, 1.165) is 26.2 Å². The van der Waals surface area contributed by atoms with Gasteiger partial charge in [0.2, 0.25) is 0 Å². The van der Waals surface area contributed by atoms with Gasteiger partial charge in [0, 0.05) is 47.7 Å². The third-order valence-corrected chi connectivity index (χ3v) is 5.86. The van der Waals surface area contributed by atoms with Crippen LogP contribution < -0.4 is 5.32 Å². The van der Waals surface area contributed by atoms with Crippen molar-refractivity contribution in [3.63, 3.8) is 0 Å². The Kier molecular flexibility index (Phi) is 6.12. The molecule has 0 spiro atoms. The smallest absolute Gasteiger partial charge is 0.251 e. The van der Waals surface area contributed by atoms with Crippen LogP contribution in [0.25, 0.3) is 0 Å². The van der Waals surface area contributed by atoms with Crippen LogP contribution in [0, 0.1) is 0 Å². The molecule has 1 amide bonds. The minimum Gasteiger partial charge on any atom is -0.348 e. The molecular formula is C19H24ClN3OS. The Morgan fingerprint density at radius 3 is 2.60 bits per heavy atom. The van der Waals surface area contributed by atoms with E-state index in [4.69, 9.17) is 11.6 Å². The van der Waals surface area contributed by atoms with Gasteiger partial charge >= 0.3 is 0 Å². The second-order valence-corrected chi connectivity index (χ2v) is 7.99. The van der Waals surface area contributed by atoms with Crippen LogP contribution in [0.2, 0.25) is 5.02 Å². The summed E-state index contributed by atoms with van der Waals surface area (Å²) in [6.07, 6.45) is 0. The summed E-state index contributed by atoms with van der Waals surface area (Å²) >= 11 is 7.76. The molecule has 2 aromatic rings. The van der Waals surface area contributed by atoms with E-state index < -0.39 is 0 Å². The number of hydrogen-bond acceptors (Lipinski definition) is 4. The molecule has 3 rings (SSSR count). The Morgan fingerprint density at radius 2 is 1.96 bits per heavy atom. The highest BCUT2D eigenvalue weighted by Gasteiger charge is 2.30. The monoisotopic (exact) mass is 377 g/mol. The predicted octanol–water partition coefficient (Wildman–Crippen LogP) is 3.51. The lowest BCUT2D eigenvalue weighted by molar-refractivity contribution is 0.0799. The van der Waals surface area contributed by atoms with Crippen LogP contribution in [0.1, 0.15) is 28.2 Å². The molecule has 1 aliphatic heterocycles. The number of amides is 1. The maximum absolute atomic E-state index is 12.6. The van der Waals surface area contributed by atoms with Crippen molar-refractivity contribution in [2.75, 3.05) is 33.2 Å². The third-order valence-electron chi connectivity index (χ3n) is 4.69. The number of likely N-dealkylation sites (N-methyl/N-ethyl adjacent to an activating group) is 1. The molecule has 1 aromatic heterocycles. The van der Waals surface area contributed by atoms with E-state index in [-0.39, 0.29) is 18.0 Å². The van der Waals surface area contributed by atoms with Crippen LogP contribution in [0.5, 0.6) is 0 Å². The molecule has 1 saturated heterocycles. The highest BCUT2D eigenvalue weighted by atomic mass is 35.5. The maximum atomic E-state index is 12.6. The number of benzene rings is 1. The fourth-order valence-electron chi connectivity index (χ4n) is 3.30. The van der Waals surface area contributed by atoms with Gasteiger partial charge in [-0.2, -0.15) is 0 Å². The Hall–Kier alpha value is -1.40. The predicted molar refractivity (Wildman–Crippen MR) is 105 cm³/mol. The average Bonchev–Trinajstić information content (AvgIpc) is 3.11. The lowest BCUT2D eigenvalue weighted by atomic mass is 10.0. The minimum atomic E-state index is -0.0781. The summed E-state index contributed by atoms with van der Waals surface area (Å²) in [7, 11) is 2.15. The number of rotatable bonds is 5. The first-order valence-corrected chi connectivity index (χ1v) is 9.83. The second-order valence-electron chi connectivity index (χ2n) is 6.57. The Morgan fingerprint density at radius 1 is 1.20 bits per heavy atom.